The highest BCUT2D eigenvalue weighted by molar-refractivity contribution is 7.99. The summed E-state index contributed by atoms with van der Waals surface area (Å²) in [6.45, 7) is 2.14. The zero-order chi connectivity index (χ0) is 17.4. The maximum Gasteiger partial charge on any atom is 0.265 e. The van der Waals surface area contributed by atoms with Gasteiger partial charge in [-0.3, -0.25) is 9.59 Å². The molecule has 4 heteroatoms. The number of benzene rings is 3. The van der Waals surface area contributed by atoms with Crippen LogP contribution in [0.25, 0.3) is 10.8 Å². The molecule has 0 spiro atoms. The second kappa shape index (κ2) is 6.37. The maximum atomic E-state index is 13.0. The average molecular weight is 347 g/mol. The molecule has 0 bridgehead atoms. The SMILES string of the molecule is CCCSc1ccc2c3c(cccc13)C(=O)N(c1ccccc1)C2=O. The third-order valence-electron chi connectivity index (χ3n) is 4.34. The van der Waals surface area contributed by atoms with Crippen molar-refractivity contribution in [1.29, 1.82) is 0 Å². The molecule has 0 aliphatic carbocycles. The van der Waals surface area contributed by atoms with Crippen molar-refractivity contribution in [3.8, 4) is 0 Å². The first-order valence-corrected chi connectivity index (χ1v) is 9.33. The van der Waals surface area contributed by atoms with Gasteiger partial charge >= 0.3 is 0 Å². The van der Waals surface area contributed by atoms with E-state index in [1.807, 2.05) is 48.5 Å². The fourth-order valence-corrected chi connectivity index (χ4v) is 4.13. The number of nitrogens with zero attached hydrogens (tertiary/aromatic N) is 1. The highest BCUT2D eigenvalue weighted by Gasteiger charge is 2.34. The van der Waals surface area contributed by atoms with Crippen LogP contribution in [0.2, 0.25) is 0 Å². The third-order valence-corrected chi connectivity index (χ3v) is 5.62. The topological polar surface area (TPSA) is 37.4 Å². The van der Waals surface area contributed by atoms with E-state index in [9.17, 15) is 9.59 Å². The second-order valence-corrected chi connectivity index (χ2v) is 7.11. The summed E-state index contributed by atoms with van der Waals surface area (Å²) in [6, 6.07) is 18.7. The molecule has 0 atom stereocenters. The molecule has 1 aliphatic rings. The second-order valence-electron chi connectivity index (χ2n) is 5.97. The number of amides is 2. The van der Waals surface area contributed by atoms with Crippen LogP contribution in [0.3, 0.4) is 0 Å². The number of thioether (sulfide) groups is 1. The van der Waals surface area contributed by atoms with Gasteiger partial charge in [0.1, 0.15) is 0 Å². The van der Waals surface area contributed by atoms with Gasteiger partial charge in [0.05, 0.1) is 5.69 Å². The molecule has 25 heavy (non-hydrogen) atoms. The summed E-state index contributed by atoms with van der Waals surface area (Å²) >= 11 is 1.77. The van der Waals surface area contributed by atoms with Crippen LogP contribution < -0.4 is 4.90 Å². The third kappa shape index (κ3) is 2.53. The molecule has 3 aromatic carbocycles. The molecule has 0 N–H and O–H groups in total. The fourth-order valence-electron chi connectivity index (χ4n) is 3.22. The Bertz CT molecular complexity index is 960. The Morgan fingerprint density at radius 3 is 2.28 bits per heavy atom. The van der Waals surface area contributed by atoms with Crippen LogP contribution in [0.5, 0.6) is 0 Å². The highest BCUT2D eigenvalue weighted by atomic mass is 32.2. The van der Waals surface area contributed by atoms with Gasteiger partial charge in [0, 0.05) is 21.4 Å². The van der Waals surface area contributed by atoms with Crippen molar-refractivity contribution in [2.24, 2.45) is 0 Å². The zero-order valence-electron chi connectivity index (χ0n) is 13.9. The first kappa shape index (κ1) is 15.9. The molecule has 1 heterocycles. The van der Waals surface area contributed by atoms with Crippen LogP contribution in [0.15, 0.2) is 65.6 Å². The number of anilines is 1. The van der Waals surface area contributed by atoms with Gasteiger partial charge < -0.3 is 0 Å². The lowest BCUT2D eigenvalue weighted by Crippen LogP contribution is -2.40. The average Bonchev–Trinajstić information content (AvgIpc) is 2.65. The predicted molar refractivity (Wildman–Crippen MR) is 103 cm³/mol. The van der Waals surface area contributed by atoms with Crippen LogP contribution in [0.1, 0.15) is 34.1 Å². The van der Waals surface area contributed by atoms with E-state index >= 15 is 0 Å². The Kier molecular flexibility index (Phi) is 4.06. The summed E-state index contributed by atoms with van der Waals surface area (Å²) in [6.07, 6.45) is 1.08. The first-order valence-electron chi connectivity index (χ1n) is 8.34. The molecule has 2 amide bonds. The van der Waals surface area contributed by atoms with Gasteiger partial charge in [-0.05, 0) is 47.9 Å². The molecule has 1 aliphatic heterocycles. The fraction of sp³-hybridized carbons (Fsp3) is 0.143. The number of rotatable bonds is 4. The van der Waals surface area contributed by atoms with Crippen molar-refractivity contribution in [1.82, 2.24) is 0 Å². The lowest BCUT2D eigenvalue weighted by molar-refractivity contribution is 0.0893. The van der Waals surface area contributed by atoms with Crippen LogP contribution in [-0.2, 0) is 0 Å². The molecular formula is C21H17NO2S. The Hall–Kier alpha value is -2.59. The molecule has 0 fully saturated rings. The molecule has 0 radical (unpaired) electrons. The number of imide groups is 1. The predicted octanol–water partition coefficient (Wildman–Crippen LogP) is 5.14. The van der Waals surface area contributed by atoms with Crippen molar-refractivity contribution in [2.45, 2.75) is 18.2 Å². The first-order chi connectivity index (χ1) is 12.2. The highest BCUT2D eigenvalue weighted by Crippen LogP contribution is 2.37. The largest absolute Gasteiger partial charge is 0.268 e. The van der Waals surface area contributed by atoms with Crippen LogP contribution in [0.4, 0.5) is 5.69 Å². The Labute approximate surface area is 150 Å². The monoisotopic (exact) mass is 347 g/mol. The molecule has 0 saturated heterocycles. The summed E-state index contributed by atoms with van der Waals surface area (Å²) in [5.74, 6) is 0.496. The van der Waals surface area contributed by atoms with Crippen molar-refractivity contribution in [3.05, 3.63) is 71.8 Å². The zero-order valence-corrected chi connectivity index (χ0v) is 14.7. The van der Waals surface area contributed by atoms with Gasteiger partial charge in [0.25, 0.3) is 11.8 Å². The molecule has 3 aromatic rings. The van der Waals surface area contributed by atoms with Crippen LogP contribution >= 0.6 is 11.8 Å². The molecular weight excluding hydrogens is 330 g/mol. The molecule has 0 saturated carbocycles. The lowest BCUT2D eigenvalue weighted by atomic mass is 9.93. The van der Waals surface area contributed by atoms with E-state index in [4.69, 9.17) is 0 Å². The Morgan fingerprint density at radius 2 is 1.56 bits per heavy atom. The van der Waals surface area contributed by atoms with Gasteiger partial charge in [0.15, 0.2) is 0 Å². The molecule has 4 rings (SSSR count). The summed E-state index contributed by atoms with van der Waals surface area (Å²) in [4.78, 5) is 28.5. The van der Waals surface area contributed by atoms with Crippen molar-refractivity contribution < 1.29 is 9.59 Å². The van der Waals surface area contributed by atoms with Crippen molar-refractivity contribution >= 4 is 40.0 Å². The minimum Gasteiger partial charge on any atom is -0.268 e. The number of carbonyl (C=O) groups excluding carboxylic acids is 2. The van der Waals surface area contributed by atoms with Crippen LogP contribution in [0, 0.1) is 0 Å². The quantitative estimate of drug-likeness (QED) is 0.484. The van der Waals surface area contributed by atoms with Gasteiger partial charge in [-0.2, -0.15) is 0 Å². The smallest absolute Gasteiger partial charge is 0.265 e. The van der Waals surface area contributed by atoms with Crippen molar-refractivity contribution in [2.75, 3.05) is 10.7 Å². The minimum atomic E-state index is -0.257. The van der Waals surface area contributed by atoms with Gasteiger partial charge in [0.2, 0.25) is 0 Å². The van der Waals surface area contributed by atoms with E-state index in [-0.39, 0.29) is 11.8 Å². The van der Waals surface area contributed by atoms with E-state index in [2.05, 4.69) is 6.92 Å². The van der Waals surface area contributed by atoms with E-state index < -0.39 is 0 Å². The van der Waals surface area contributed by atoms with E-state index in [1.165, 1.54) is 4.90 Å². The maximum absolute atomic E-state index is 13.0. The summed E-state index contributed by atoms with van der Waals surface area (Å²) in [5, 5.41) is 1.77. The normalized spacial score (nSPS) is 13.6. The van der Waals surface area contributed by atoms with Crippen molar-refractivity contribution in [3.63, 3.8) is 0 Å². The van der Waals surface area contributed by atoms with Gasteiger partial charge in [-0.15, -0.1) is 11.8 Å². The van der Waals surface area contributed by atoms with E-state index in [0.717, 1.165) is 27.8 Å². The Balaban J connectivity index is 1.92. The summed E-state index contributed by atoms with van der Waals surface area (Å²) in [7, 11) is 0. The standard InChI is InChI=1S/C21H17NO2S/c1-2-13-25-18-12-11-17-19-15(18)9-6-10-16(19)20(23)22(21(17)24)14-7-4-3-5-8-14/h3-12H,2,13H2,1H3. The Morgan fingerprint density at radius 1 is 0.840 bits per heavy atom. The summed E-state index contributed by atoms with van der Waals surface area (Å²) in [5.41, 5.74) is 1.79. The molecule has 0 unspecified atom stereocenters. The van der Waals surface area contributed by atoms with Gasteiger partial charge in [-0.25, -0.2) is 4.90 Å². The summed E-state index contributed by atoms with van der Waals surface area (Å²) < 4.78 is 0. The molecule has 3 nitrogen and oxygen atoms in total. The van der Waals surface area contributed by atoms with Crippen LogP contribution in [-0.4, -0.2) is 17.6 Å². The van der Waals surface area contributed by atoms with E-state index in [1.54, 1.807) is 23.9 Å². The number of hydrogen-bond acceptors (Lipinski definition) is 3. The number of hydrogen-bond donors (Lipinski definition) is 0. The lowest BCUT2D eigenvalue weighted by Gasteiger charge is -2.27. The number of carbonyl (C=O) groups is 2. The minimum absolute atomic E-state index is 0.257. The number of para-hydroxylation sites is 1. The molecule has 124 valence electrons. The van der Waals surface area contributed by atoms with Gasteiger partial charge in [-0.1, -0.05) is 37.3 Å². The van der Waals surface area contributed by atoms with E-state index in [0.29, 0.717) is 16.8 Å². The molecule has 0 aromatic heterocycles.